The van der Waals surface area contributed by atoms with Crippen LogP contribution in [0.4, 0.5) is 15.0 Å². The van der Waals surface area contributed by atoms with Crippen LogP contribution in [-0.2, 0) is 4.74 Å². The second kappa shape index (κ2) is 6.10. The van der Waals surface area contributed by atoms with Crippen LogP contribution in [0.3, 0.4) is 0 Å². The molecule has 1 amide bonds. The number of carbonyl (C=O) groups excluding carboxylic acids is 1. The fourth-order valence-electron chi connectivity index (χ4n) is 3.87. The normalized spacial score (nSPS) is 25.0. The van der Waals surface area contributed by atoms with E-state index in [1.165, 1.54) is 0 Å². The lowest BCUT2D eigenvalue weighted by Crippen LogP contribution is -2.36. The monoisotopic (exact) mass is 448 g/mol. The largest absolute Gasteiger partial charge is 0.444 e. The molecule has 2 bridgehead atoms. The molecule has 4 rings (SSSR count). The molecular formula is C15H12BrCl2FN4O2. The number of nitrogens with two attached hydrogens (primary N) is 1. The van der Waals surface area contributed by atoms with Gasteiger partial charge in [0, 0.05) is 17.8 Å². The van der Waals surface area contributed by atoms with Crippen LogP contribution in [0.5, 0.6) is 0 Å². The number of aromatic nitrogens is 2. The Hall–Kier alpha value is -1.38. The molecule has 25 heavy (non-hydrogen) atoms. The highest BCUT2D eigenvalue weighted by atomic mass is 79.9. The molecule has 3 atom stereocenters. The molecule has 2 aliphatic heterocycles. The van der Waals surface area contributed by atoms with Crippen LogP contribution in [0.15, 0.2) is 10.5 Å². The zero-order valence-electron chi connectivity index (χ0n) is 12.7. The van der Waals surface area contributed by atoms with Crippen LogP contribution < -0.4 is 10.6 Å². The summed E-state index contributed by atoms with van der Waals surface area (Å²) in [6, 6.07) is 1.63. The number of ether oxygens (including phenoxy) is 1. The highest BCUT2D eigenvalue weighted by Crippen LogP contribution is 2.45. The summed E-state index contributed by atoms with van der Waals surface area (Å²) >= 11 is 15.3. The molecule has 2 aromatic rings. The molecule has 0 saturated carbocycles. The quantitative estimate of drug-likeness (QED) is 0.552. The summed E-state index contributed by atoms with van der Waals surface area (Å²) in [5.41, 5.74) is 5.25. The minimum Gasteiger partial charge on any atom is -0.444 e. The third kappa shape index (κ3) is 2.71. The van der Waals surface area contributed by atoms with Crippen molar-refractivity contribution >= 4 is 61.9 Å². The van der Waals surface area contributed by atoms with E-state index in [2.05, 4.69) is 25.9 Å². The van der Waals surface area contributed by atoms with Crippen LogP contribution in [-0.4, -0.2) is 34.2 Å². The van der Waals surface area contributed by atoms with Crippen molar-refractivity contribution in [1.82, 2.24) is 9.97 Å². The lowest BCUT2D eigenvalue weighted by molar-refractivity contribution is 0.0925. The fraction of sp³-hybridized carbons (Fsp3) is 0.400. The molecule has 2 saturated heterocycles. The number of amides is 1. The van der Waals surface area contributed by atoms with Gasteiger partial charge in [0.25, 0.3) is 0 Å². The predicted molar refractivity (Wildman–Crippen MR) is 95.6 cm³/mol. The van der Waals surface area contributed by atoms with E-state index in [0.717, 1.165) is 12.8 Å². The summed E-state index contributed by atoms with van der Waals surface area (Å²) < 4.78 is 19.9. The van der Waals surface area contributed by atoms with Gasteiger partial charge in [0.2, 0.25) is 5.28 Å². The first-order valence-electron chi connectivity index (χ1n) is 7.62. The van der Waals surface area contributed by atoms with Gasteiger partial charge in [0.1, 0.15) is 17.4 Å². The van der Waals surface area contributed by atoms with Crippen LogP contribution in [0, 0.1) is 5.82 Å². The number of benzene rings is 1. The Morgan fingerprint density at radius 3 is 2.88 bits per heavy atom. The molecule has 2 fully saturated rings. The molecule has 0 spiro atoms. The van der Waals surface area contributed by atoms with Gasteiger partial charge in [0.05, 0.1) is 15.5 Å². The van der Waals surface area contributed by atoms with Crippen molar-refractivity contribution in [3.05, 3.63) is 26.7 Å². The van der Waals surface area contributed by atoms with Crippen molar-refractivity contribution < 1.29 is 13.9 Å². The lowest BCUT2D eigenvalue weighted by atomic mass is 9.98. The van der Waals surface area contributed by atoms with Crippen LogP contribution in [0.1, 0.15) is 19.3 Å². The van der Waals surface area contributed by atoms with E-state index >= 15 is 0 Å². The molecule has 2 N–H and O–H groups in total. The minimum atomic E-state index is -0.805. The number of carbonyl (C=O) groups is 1. The van der Waals surface area contributed by atoms with E-state index in [1.54, 1.807) is 6.07 Å². The van der Waals surface area contributed by atoms with Crippen molar-refractivity contribution in [1.29, 1.82) is 0 Å². The smallest absolute Gasteiger partial charge is 0.404 e. The summed E-state index contributed by atoms with van der Waals surface area (Å²) in [4.78, 5) is 21.5. The summed E-state index contributed by atoms with van der Waals surface area (Å²) in [5, 5.41) is 0.620. The second-order valence-electron chi connectivity index (χ2n) is 6.12. The van der Waals surface area contributed by atoms with E-state index in [4.69, 9.17) is 33.7 Å². The summed E-state index contributed by atoms with van der Waals surface area (Å²) in [5.74, 6) is -0.101. The standard InChI is InChI=1S/C15H12BrCl2FN4O2/c16-10-7(17)4-6-12(11(10)19)21-14(18)22-13(6)23-5-1-2-8(23)9(3-5)25-15(20)24/h4-5,8-9H,1-3H2,(H2,20,24). The van der Waals surface area contributed by atoms with Crippen molar-refractivity contribution in [2.45, 2.75) is 37.5 Å². The number of rotatable bonds is 2. The first kappa shape index (κ1) is 17.1. The van der Waals surface area contributed by atoms with Gasteiger partial charge in [-0.2, -0.15) is 4.98 Å². The summed E-state index contributed by atoms with van der Waals surface area (Å²) in [7, 11) is 0. The van der Waals surface area contributed by atoms with Gasteiger partial charge < -0.3 is 15.4 Å². The molecule has 2 aliphatic rings. The number of fused-ring (bicyclic) bond motifs is 3. The zero-order valence-corrected chi connectivity index (χ0v) is 15.8. The molecule has 3 heterocycles. The van der Waals surface area contributed by atoms with E-state index < -0.39 is 11.9 Å². The summed E-state index contributed by atoms with van der Waals surface area (Å²) in [6.07, 6.45) is 1.25. The number of hydrogen-bond acceptors (Lipinski definition) is 5. The number of hydrogen-bond donors (Lipinski definition) is 1. The van der Waals surface area contributed by atoms with Gasteiger partial charge in [-0.15, -0.1) is 0 Å². The Balaban J connectivity index is 1.86. The molecule has 3 unspecified atom stereocenters. The Labute approximate surface area is 160 Å². The van der Waals surface area contributed by atoms with Crippen molar-refractivity contribution in [3.8, 4) is 0 Å². The molecule has 132 valence electrons. The Morgan fingerprint density at radius 1 is 1.40 bits per heavy atom. The Kier molecular flexibility index (Phi) is 4.16. The Bertz CT molecular complexity index is 900. The van der Waals surface area contributed by atoms with E-state index in [0.29, 0.717) is 17.6 Å². The molecule has 0 aliphatic carbocycles. The first-order valence-corrected chi connectivity index (χ1v) is 9.17. The fourth-order valence-corrected chi connectivity index (χ4v) is 4.53. The van der Waals surface area contributed by atoms with Crippen molar-refractivity contribution in [3.63, 3.8) is 0 Å². The number of primary amides is 1. The third-order valence-electron chi connectivity index (χ3n) is 4.77. The maximum Gasteiger partial charge on any atom is 0.404 e. The minimum absolute atomic E-state index is 0.0608. The molecule has 10 heteroatoms. The highest BCUT2D eigenvalue weighted by Gasteiger charge is 2.49. The van der Waals surface area contributed by atoms with E-state index in [1.807, 2.05) is 4.90 Å². The third-order valence-corrected chi connectivity index (χ3v) is 6.24. The predicted octanol–water partition coefficient (Wildman–Crippen LogP) is 4.04. The average molecular weight is 450 g/mol. The number of anilines is 1. The van der Waals surface area contributed by atoms with Gasteiger partial charge >= 0.3 is 6.09 Å². The van der Waals surface area contributed by atoms with Crippen molar-refractivity contribution in [2.24, 2.45) is 5.73 Å². The average Bonchev–Trinajstić information content (AvgIpc) is 3.10. The van der Waals surface area contributed by atoms with Gasteiger partial charge in [-0.1, -0.05) is 11.6 Å². The molecule has 1 aromatic heterocycles. The van der Waals surface area contributed by atoms with E-state index in [-0.39, 0.29) is 38.5 Å². The second-order valence-corrected chi connectivity index (χ2v) is 7.65. The highest BCUT2D eigenvalue weighted by molar-refractivity contribution is 9.10. The maximum absolute atomic E-state index is 14.6. The number of nitrogens with zero attached hydrogens (tertiary/aromatic N) is 3. The summed E-state index contributed by atoms with van der Waals surface area (Å²) in [6.45, 7) is 0. The van der Waals surface area contributed by atoms with Crippen LogP contribution >= 0.6 is 39.1 Å². The topological polar surface area (TPSA) is 81.3 Å². The van der Waals surface area contributed by atoms with Crippen LogP contribution in [0.2, 0.25) is 10.3 Å². The van der Waals surface area contributed by atoms with Gasteiger partial charge in [-0.25, -0.2) is 14.2 Å². The molecule has 6 nitrogen and oxygen atoms in total. The van der Waals surface area contributed by atoms with E-state index in [9.17, 15) is 9.18 Å². The van der Waals surface area contributed by atoms with Crippen molar-refractivity contribution in [2.75, 3.05) is 4.90 Å². The van der Waals surface area contributed by atoms with Crippen LogP contribution in [0.25, 0.3) is 10.9 Å². The van der Waals surface area contributed by atoms with Gasteiger partial charge in [-0.05, 0) is 46.4 Å². The molecule has 1 aromatic carbocycles. The van der Waals surface area contributed by atoms with Gasteiger partial charge in [-0.3, -0.25) is 0 Å². The molecule has 0 radical (unpaired) electrons. The first-order chi connectivity index (χ1) is 11.9. The maximum atomic E-state index is 14.6. The molecular weight excluding hydrogens is 438 g/mol. The number of halogens is 4. The zero-order chi connectivity index (χ0) is 17.9. The lowest BCUT2D eigenvalue weighted by Gasteiger charge is -2.26. The Morgan fingerprint density at radius 2 is 2.16 bits per heavy atom. The van der Waals surface area contributed by atoms with Gasteiger partial charge in [0.15, 0.2) is 5.82 Å². The SMILES string of the molecule is NC(=O)OC1CC2CCC1N2c1nc(Cl)nc2c(F)c(Br)c(Cl)cc12.